The zero-order valence-electron chi connectivity index (χ0n) is 11.4. The van der Waals surface area contributed by atoms with Gasteiger partial charge >= 0.3 is 0 Å². The van der Waals surface area contributed by atoms with E-state index in [0.717, 1.165) is 4.90 Å². The van der Waals surface area contributed by atoms with E-state index in [1.165, 1.54) is 12.1 Å². The second-order valence-electron chi connectivity index (χ2n) is 5.25. The van der Waals surface area contributed by atoms with E-state index >= 15 is 0 Å². The third-order valence-electron chi connectivity index (χ3n) is 3.99. The first-order valence-corrected chi connectivity index (χ1v) is 7.26. The van der Waals surface area contributed by atoms with Crippen molar-refractivity contribution in [3.63, 3.8) is 0 Å². The molecule has 1 aromatic rings. The number of carbonyl (C=O) groups excluding carboxylic acids is 2. The van der Waals surface area contributed by atoms with Crippen LogP contribution in [0.2, 0.25) is 0 Å². The van der Waals surface area contributed by atoms with Gasteiger partial charge in [-0.1, -0.05) is 12.1 Å². The Morgan fingerprint density at radius 3 is 2.14 bits per heavy atom. The van der Waals surface area contributed by atoms with E-state index in [0.29, 0.717) is 0 Å². The number of ether oxygens (including phenoxy) is 1. The molecule has 3 N–H and O–H groups in total. The highest BCUT2D eigenvalue weighted by atomic mass is 32.1. The van der Waals surface area contributed by atoms with Crippen LogP contribution < -0.4 is 0 Å². The Hall–Kier alpha value is -1.45. The van der Waals surface area contributed by atoms with Gasteiger partial charge in [0.05, 0.1) is 17.7 Å². The largest absolute Gasteiger partial charge is 0.394 e. The third-order valence-corrected chi connectivity index (χ3v) is 4.42. The summed E-state index contributed by atoms with van der Waals surface area (Å²) in [6.45, 7) is -0.510. The van der Waals surface area contributed by atoms with Crippen molar-refractivity contribution in [3.05, 3.63) is 35.4 Å². The zero-order valence-corrected chi connectivity index (χ0v) is 12.3. The lowest BCUT2D eigenvalue weighted by Crippen LogP contribution is -2.63. The average molecular weight is 325 g/mol. The highest BCUT2D eigenvalue weighted by molar-refractivity contribution is 7.80. The summed E-state index contributed by atoms with van der Waals surface area (Å²) in [4.78, 5) is 25.7. The number of amides is 2. The van der Waals surface area contributed by atoms with Gasteiger partial charge in [-0.3, -0.25) is 14.5 Å². The number of imide groups is 1. The van der Waals surface area contributed by atoms with Crippen LogP contribution in [0.5, 0.6) is 0 Å². The average Bonchev–Trinajstić information content (AvgIpc) is 2.77. The molecule has 0 radical (unpaired) electrons. The highest BCUT2D eigenvalue weighted by Gasteiger charge is 2.51. The Balaban J connectivity index is 1.95. The van der Waals surface area contributed by atoms with Gasteiger partial charge in [-0.25, -0.2) is 0 Å². The molecule has 2 unspecified atom stereocenters. The van der Waals surface area contributed by atoms with Crippen molar-refractivity contribution < 1.29 is 29.6 Å². The monoisotopic (exact) mass is 325 g/mol. The number of aliphatic hydroxyl groups excluding tert-OH is 3. The summed E-state index contributed by atoms with van der Waals surface area (Å²) in [7, 11) is 0. The van der Waals surface area contributed by atoms with Crippen molar-refractivity contribution in [2.75, 3.05) is 6.61 Å². The maximum atomic E-state index is 12.4. The maximum Gasteiger partial charge on any atom is 0.262 e. The Morgan fingerprint density at radius 1 is 1.09 bits per heavy atom. The smallest absolute Gasteiger partial charge is 0.262 e. The van der Waals surface area contributed by atoms with Gasteiger partial charge in [-0.05, 0) is 12.1 Å². The Labute approximate surface area is 131 Å². The second kappa shape index (κ2) is 5.64. The van der Waals surface area contributed by atoms with Crippen LogP contribution in [-0.2, 0) is 4.74 Å². The lowest BCUT2D eigenvalue weighted by atomic mass is 9.97. The first-order chi connectivity index (χ1) is 10.5. The summed E-state index contributed by atoms with van der Waals surface area (Å²) in [6.07, 6.45) is -3.91. The summed E-state index contributed by atoms with van der Waals surface area (Å²) >= 11 is 4.15. The van der Waals surface area contributed by atoms with Crippen LogP contribution in [0.15, 0.2) is 24.3 Å². The first kappa shape index (κ1) is 15.4. The molecule has 2 aliphatic heterocycles. The van der Waals surface area contributed by atoms with Crippen LogP contribution in [0.3, 0.4) is 0 Å². The standard InChI is InChI=1S/C14H15NO6S/c16-5-8-10(17)11(18)9(14(22)21-8)15-12(19)6-3-1-2-4-7(6)13(15)20/h1-4,8-11,14,16-18,22H,5H2/t8?,9?,10-,11-,14+/m1/s1. The lowest BCUT2D eigenvalue weighted by molar-refractivity contribution is -0.181. The van der Waals surface area contributed by atoms with Crippen LogP contribution in [0.4, 0.5) is 0 Å². The van der Waals surface area contributed by atoms with E-state index in [2.05, 4.69) is 12.6 Å². The molecule has 0 aromatic heterocycles. The summed E-state index contributed by atoms with van der Waals surface area (Å²) in [5.74, 6) is -1.14. The van der Waals surface area contributed by atoms with Crippen LogP contribution >= 0.6 is 12.6 Å². The van der Waals surface area contributed by atoms with Crippen LogP contribution in [0.1, 0.15) is 20.7 Å². The van der Waals surface area contributed by atoms with Crippen LogP contribution in [0.25, 0.3) is 0 Å². The number of hydrogen-bond donors (Lipinski definition) is 4. The van der Waals surface area contributed by atoms with Crippen LogP contribution in [-0.4, -0.2) is 68.4 Å². The quantitative estimate of drug-likeness (QED) is 0.411. The molecule has 1 saturated heterocycles. The highest BCUT2D eigenvalue weighted by Crippen LogP contribution is 2.33. The Bertz CT molecular complexity index is 588. The van der Waals surface area contributed by atoms with E-state index in [4.69, 9.17) is 9.84 Å². The molecule has 2 heterocycles. The van der Waals surface area contributed by atoms with E-state index in [-0.39, 0.29) is 11.1 Å². The molecule has 0 bridgehead atoms. The number of aliphatic hydroxyl groups is 3. The van der Waals surface area contributed by atoms with Crippen molar-refractivity contribution in [3.8, 4) is 0 Å². The van der Waals surface area contributed by atoms with Gasteiger partial charge in [0.25, 0.3) is 11.8 Å². The fourth-order valence-corrected chi connectivity index (χ4v) is 3.31. The summed E-state index contributed by atoms with van der Waals surface area (Å²) < 4.78 is 5.30. The Kier molecular flexibility index (Phi) is 3.96. The van der Waals surface area contributed by atoms with Gasteiger partial charge in [0.15, 0.2) is 0 Å². The predicted molar refractivity (Wildman–Crippen MR) is 77.5 cm³/mol. The van der Waals surface area contributed by atoms with Crippen molar-refractivity contribution in [2.45, 2.75) is 29.8 Å². The van der Waals surface area contributed by atoms with Crippen molar-refractivity contribution in [1.29, 1.82) is 0 Å². The van der Waals surface area contributed by atoms with Gasteiger partial charge < -0.3 is 20.1 Å². The maximum absolute atomic E-state index is 12.4. The second-order valence-corrected chi connectivity index (χ2v) is 5.75. The molecule has 2 aliphatic rings. The molecule has 0 spiro atoms. The molecular weight excluding hydrogens is 310 g/mol. The van der Waals surface area contributed by atoms with Crippen molar-refractivity contribution in [2.24, 2.45) is 0 Å². The molecular formula is C14H15NO6S. The Morgan fingerprint density at radius 2 is 1.64 bits per heavy atom. The first-order valence-electron chi connectivity index (χ1n) is 6.74. The molecule has 1 aromatic carbocycles. The minimum Gasteiger partial charge on any atom is -0.394 e. The topological polar surface area (TPSA) is 107 Å². The number of carbonyl (C=O) groups is 2. The number of hydrogen-bond acceptors (Lipinski definition) is 7. The summed E-state index contributed by atoms with van der Waals surface area (Å²) in [5.41, 5.74) is -0.546. The summed E-state index contributed by atoms with van der Waals surface area (Å²) in [6, 6.07) is 5.17. The molecule has 22 heavy (non-hydrogen) atoms. The fraction of sp³-hybridized carbons (Fsp3) is 0.429. The van der Waals surface area contributed by atoms with E-state index in [1.807, 2.05) is 0 Å². The molecule has 0 saturated carbocycles. The predicted octanol–water partition coefficient (Wildman–Crippen LogP) is -0.980. The van der Waals surface area contributed by atoms with Gasteiger partial charge in [-0.15, -0.1) is 12.6 Å². The van der Waals surface area contributed by atoms with Gasteiger partial charge in [0.1, 0.15) is 29.8 Å². The molecule has 0 aliphatic carbocycles. The SMILES string of the molecule is O=C1c2ccccc2C(=O)N1C1[C@H](S)OC(CO)[C@@H](O)[C@@H]1O. The minimum atomic E-state index is -1.46. The zero-order chi connectivity index (χ0) is 16.0. The fourth-order valence-electron chi connectivity index (χ4n) is 2.84. The van der Waals surface area contributed by atoms with Crippen molar-refractivity contribution in [1.82, 2.24) is 4.90 Å². The number of rotatable bonds is 2. The van der Waals surface area contributed by atoms with Gasteiger partial charge in [0, 0.05) is 0 Å². The molecule has 1 fully saturated rings. The van der Waals surface area contributed by atoms with Crippen molar-refractivity contribution >= 4 is 24.4 Å². The molecule has 8 heteroatoms. The molecule has 2 amide bonds. The molecule has 3 rings (SSSR count). The normalized spacial score (nSPS) is 34.9. The lowest BCUT2D eigenvalue weighted by Gasteiger charge is -2.43. The van der Waals surface area contributed by atoms with Crippen LogP contribution in [0, 0.1) is 0 Å². The molecule has 7 nitrogen and oxygen atoms in total. The third kappa shape index (κ3) is 2.15. The van der Waals surface area contributed by atoms with E-state index in [1.54, 1.807) is 12.1 Å². The van der Waals surface area contributed by atoms with Gasteiger partial charge in [0.2, 0.25) is 0 Å². The van der Waals surface area contributed by atoms with Gasteiger partial charge in [-0.2, -0.15) is 0 Å². The number of benzene rings is 1. The molecule has 118 valence electrons. The molecule has 5 atom stereocenters. The number of nitrogens with zero attached hydrogens (tertiary/aromatic N) is 1. The van der Waals surface area contributed by atoms with E-state index < -0.39 is 48.2 Å². The van der Waals surface area contributed by atoms with E-state index in [9.17, 15) is 19.8 Å². The number of thiol groups is 1. The minimum absolute atomic E-state index is 0.235. The summed E-state index contributed by atoms with van der Waals surface area (Å²) in [5, 5.41) is 29.3. The number of fused-ring (bicyclic) bond motifs is 1.